The fourth-order valence-electron chi connectivity index (χ4n) is 4.53. The minimum absolute atomic E-state index is 0.0390. The largest absolute Gasteiger partial charge is 0.345 e. The Hall–Kier alpha value is -1.99. The molecule has 0 radical (unpaired) electrons. The van der Waals surface area contributed by atoms with E-state index in [0.29, 0.717) is 38.4 Å². The molecule has 0 unspecified atom stereocenters. The molecule has 3 rings (SSSR count). The Bertz CT molecular complexity index is 1150. The van der Waals surface area contributed by atoms with E-state index in [1.165, 1.54) is 74.9 Å². The van der Waals surface area contributed by atoms with Crippen molar-refractivity contribution in [3.63, 3.8) is 0 Å². The molecular formula is C29H37Cl4N4O2+. The molecule has 1 heterocycles. The number of nitroso groups, excluding NO2 is 1. The highest BCUT2D eigenvalue weighted by molar-refractivity contribution is 6.41. The lowest BCUT2D eigenvalue weighted by Crippen LogP contribution is -2.29. The van der Waals surface area contributed by atoms with Gasteiger partial charge in [-0.15, -0.1) is 0 Å². The van der Waals surface area contributed by atoms with Crippen LogP contribution in [-0.4, -0.2) is 17.3 Å². The summed E-state index contributed by atoms with van der Waals surface area (Å²) in [5, 5.41) is 8.69. The summed E-state index contributed by atoms with van der Waals surface area (Å²) in [7, 11) is 0. The normalized spacial score (nSPS) is 13.1. The highest BCUT2D eigenvalue weighted by Gasteiger charge is 2.34. The first-order valence-electron chi connectivity index (χ1n) is 13.8. The van der Waals surface area contributed by atoms with Crippen molar-refractivity contribution in [1.82, 2.24) is 0 Å². The summed E-state index contributed by atoms with van der Waals surface area (Å²) in [4.78, 5) is 26.1. The Morgan fingerprint density at radius 2 is 1.44 bits per heavy atom. The van der Waals surface area contributed by atoms with Crippen molar-refractivity contribution in [1.29, 1.82) is 0 Å². The molecule has 10 heteroatoms. The number of hydrogen-bond donors (Lipinski definition) is 2. The van der Waals surface area contributed by atoms with Gasteiger partial charge in [-0.25, -0.2) is 5.32 Å². The van der Waals surface area contributed by atoms with Gasteiger partial charge >= 0.3 is 5.82 Å². The topological polar surface area (TPSA) is 64.5 Å². The zero-order valence-corrected chi connectivity index (χ0v) is 25.4. The number of unbranched alkanes of at least 4 members (excludes halogenated alkanes) is 10. The number of hydrazine groups is 1. The summed E-state index contributed by atoms with van der Waals surface area (Å²) in [5.74, 6) is 0.214. The van der Waals surface area contributed by atoms with E-state index in [-0.39, 0.29) is 28.3 Å². The third kappa shape index (κ3) is 9.86. The minimum Gasteiger partial charge on any atom is -0.326 e. The predicted octanol–water partition coefficient (Wildman–Crippen LogP) is 10.4. The number of nitrogens with zero attached hydrogens (tertiary/aromatic N) is 2. The van der Waals surface area contributed by atoms with Crippen LogP contribution in [0.5, 0.6) is 0 Å². The zero-order valence-electron chi connectivity index (χ0n) is 22.4. The third-order valence-corrected chi connectivity index (χ3v) is 7.77. The number of benzene rings is 2. The van der Waals surface area contributed by atoms with E-state index >= 15 is 0 Å². The predicted molar refractivity (Wildman–Crippen MR) is 165 cm³/mol. The first kappa shape index (κ1) is 31.5. The van der Waals surface area contributed by atoms with Gasteiger partial charge in [-0.05, 0) is 35.6 Å². The van der Waals surface area contributed by atoms with Crippen LogP contribution in [-0.2, 0) is 4.79 Å². The second-order valence-corrected chi connectivity index (χ2v) is 11.5. The van der Waals surface area contributed by atoms with Crippen molar-refractivity contribution >= 4 is 69.4 Å². The molecule has 0 bridgehead atoms. The van der Waals surface area contributed by atoms with Crippen LogP contribution in [0, 0.1) is 4.91 Å². The van der Waals surface area contributed by atoms with Gasteiger partial charge in [-0.2, -0.15) is 5.01 Å². The van der Waals surface area contributed by atoms with E-state index in [1.807, 2.05) is 0 Å². The number of hydrogen-bond acceptors (Lipinski definition) is 3. The van der Waals surface area contributed by atoms with Crippen LogP contribution in [0.3, 0.4) is 0 Å². The molecule has 0 saturated heterocycles. The molecule has 2 N–H and O–H groups in total. The fraction of sp³-hybridized carbons (Fsp3) is 0.483. The van der Waals surface area contributed by atoms with Crippen molar-refractivity contribution in [2.75, 3.05) is 22.2 Å². The Morgan fingerprint density at radius 1 is 0.846 bits per heavy atom. The van der Waals surface area contributed by atoms with E-state index in [0.717, 1.165) is 12.8 Å². The van der Waals surface area contributed by atoms with Gasteiger partial charge in [0.2, 0.25) is 5.91 Å². The number of amides is 1. The highest BCUT2D eigenvalue weighted by Crippen LogP contribution is 2.38. The highest BCUT2D eigenvalue weighted by atomic mass is 35.5. The minimum atomic E-state index is -0.0390. The molecule has 0 aliphatic carbocycles. The molecular weight excluding hydrogens is 578 g/mol. The van der Waals surface area contributed by atoms with E-state index < -0.39 is 0 Å². The van der Waals surface area contributed by atoms with Crippen molar-refractivity contribution in [2.24, 2.45) is 0 Å². The van der Waals surface area contributed by atoms with Crippen molar-refractivity contribution in [3.05, 3.63) is 67.2 Å². The quantitative estimate of drug-likeness (QED) is 0.146. The number of nitrogens with one attached hydrogen (secondary N) is 2. The lowest BCUT2D eigenvalue weighted by molar-refractivity contribution is -0.500. The molecule has 1 amide bonds. The molecule has 212 valence electrons. The third-order valence-electron chi connectivity index (χ3n) is 6.64. The first-order chi connectivity index (χ1) is 18.8. The molecule has 0 saturated carbocycles. The standard InChI is InChI=1S/C29H36Cl4N4O2/c1-2-3-4-5-6-7-8-9-10-11-12-13-28(38)34-22-14-15-23(31)26(20-22)35-27-16-17-36(37(27)39)29-24(32)18-21(30)19-25(29)33/h14-16,18-20,35H,2-13,17H2,1H3/p+1. The monoisotopic (exact) mass is 613 g/mol. The summed E-state index contributed by atoms with van der Waals surface area (Å²) >= 11 is 25.0. The van der Waals surface area contributed by atoms with Crippen molar-refractivity contribution < 1.29 is 9.66 Å². The van der Waals surface area contributed by atoms with Gasteiger partial charge in [-0.3, -0.25) is 4.79 Å². The van der Waals surface area contributed by atoms with Crippen LogP contribution in [0.25, 0.3) is 0 Å². The van der Waals surface area contributed by atoms with Gasteiger partial charge < -0.3 is 5.32 Å². The summed E-state index contributed by atoms with van der Waals surface area (Å²) in [5.41, 5.74) is 1.46. The van der Waals surface area contributed by atoms with E-state index in [1.54, 1.807) is 24.3 Å². The molecule has 1 aliphatic rings. The maximum atomic E-state index is 13.0. The molecule has 0 atom stereocenters. The van der Waals surface area contributed by atoms with Gasteiger partial charge in [0.1, 0.15) is 11.4 Å². The molecule has 6 nitrogen and oxygen atoms in total. The summed E-state index contributed by atoms with van der Waals surface area (Å²) in [6.45, 7) is 2.49. The Balaban J connectivity index is 1.43. The molecule has 39 heavy (non-hydrogen) atoms. The fourth-order valence-corrected chi connectivity index (χ4v) is 5.70. The van der Waals surface area contributed by atoms with Gasteiger partial charge in [0, 0.05) is 29.3 Å². The second kappa shape index (κ2) is 16.3. The van der Waals surface area contributed by atoms with Crippen molar-refractivity contribution in [2.45, 2.75) is 84.0 Å². The number of carbonyl (C=O) groups is 1. The number of rotatable bonds is 16. The van der Waals surface area contributed by atoms with Crippen LogP contribution >= 0.6 is 46.4 Å². The summed E-state index contributed by atoms with van der Waals surface area (Å²) in [6, 6.07) is 8.19. The SMILES string of the molecule is CCCCCCCCCCCCCC(=O)Nc1ccc(Cl)c(NC2=CCN(c3c(Cl)cc(Cl)cc3Cl)[N+]2=O)c1. The van der Waals surface area contributed by atoms with Crippen LogP contribution in [0.1, 0.15) is 84.0 Å². The van der Waals surface area contributed by atoms with E-state index in [2.05, 4.69) is 17.6 Å². The van der Waals surface area contributed by atoms with Crippen LogP contribution < -0.4 is 15.6 Å². The lowest BCUT2D eigenvalue weighted by Gasteiger charge is -2.16. The molecule has 2 aromatic rings. The molecule has 0 aromatic heterocycles. The van der Waals surface area contributed by atoms with Gasteiger partial charge in [0.05, 0.1) is 26.5 Å². The average Bonchev–Trinajstić information content (AvgIpc) is 3.23. The smallest absolute Gasteiger partial charge is 0.326 e. The maximum Gasteiger partial charge on any atom is 0.345 e. The van der Waals surface area contributed by atoms with Crippen LogP contribution in [0.4, 0.5) is 17.1 Å². The molecule has 0 fully saturated rings. The van der Waals surface area contributed by atoms with Crippen LogP contribution in [0.2, 0.25) is 20.1 Å². The van der Waals surface area contributed by atoms with E-state index in [4.69, 9.17) is 46.4 Å². The zero-order chi connectivity index (χ0) is 28.2. The lowest BCUT2D eigenvalue weighted by atomic mass is 10.1. The van der Waals surface area contributed by atoms with Gasteiger partial charge in [-0.1, -0.05) is 118 Å². The average molecular weight is 615 g/mol. The number of anilines is 3. The van der Waals surface area contributed by atoms with E-state index in [9.17, 15) is 9.70 Å². The molecule has 0 spiro atoms. The number of carbonyl (C=O) groups excluding carboxylic acids is 1. The molecule has 2 aromatic carbocycles. The Labute approximate surface area is 251 Å². The summed E-state index contributed by atoms with van der Waals surface area (Å²) < 4.78 is 0. The van der Waals surface area contributed by atoms with Crippen molar-refractivity contribution in [3.8, 4) is 0 Å². The Kier molecular flexibility index (Phi) is 13.2. The van der Waals surface area contributed by atoms with Gasteiger partial charge in [0.25, 0.3) is 0 Å². The van der Waals surface area contributed by atoms with Crippen LogP contribution in [0.15, 0.2) is 42.2 Å². The second-order valence-electron chi connectivity index (χ2n) is 9.82. The maximum absolute atomic E-state index is 13.0. The summed E-state index contributed by atoms with van der Waals surface area (Å²) in [6.07, 6.45) is 15.8. The van der Waals surface area contributed by atoms with Gasteiger partial charge in [0.15, 0.2) is 0 Å². The molecule has 1 aliphatic heterocycles. The number of halogens is 4. The first-order valence-corrected chi connectivity index (χ1v) is 15.3. The Morgan fingerprint density at radius 3 is 2.05 bits per heavy atom.